The lowest BCUT2D eigenvalue weighted by Gasteiger charge is -2.46. The standard InChI is InChI=1S/C15H4F27/c1-2(16)4(19,20)6(23,24)8(27,28)10(31,32)12(35,36)14(39,40)15(41,42)13(37,38)11(33,34)9(29,30)7(25,26)5(21,22)3(17)18/h2H,1H3. The highest BCUT2D eigenvalue weighted by atomic mass is 19.4. The quantitative estimate of drug-likeness (QED) is 0.168. The first kappa shape index (κ1) is 40.1. The van der Waals surface area contributed by atoms with Crippen LogP contribution in [0.3, 0.4) is 0 Å². The summed E-state index contributed by atoms with van der Waals surface area (Å²) >= 11 is 0. The first-order valence-corrected chi connectivity index (χ1v) is 9.00. The Bertz CT molecular complexity index is 890. The zero-order valence-corrected chi connectivity index (χ0v) is 18.3. The maximum atomic E-state index is 13.6. The number of hydrogen-bond donors (Lipinski definition) is 0. The van der Waals surface area contributed by atoms with Crippen molar-refractivity contribution < 1.29 is 119 Å². The molecular weight excluding hydrogens is 693 g/mol. The van der Waals surface area contributed by atoms with Gasteiger partial charge in [-0.05, 0) is 6.92 Å². The minimum absolute atomic E-state index is 0.933. The van der Waals surface area contributed by atoms with Gasteiger partial charge in [0.15, 0.2) is 6.17 Å². The molecule has 0 aliphatic carbocycles. The van der Waals surface area contributed by atoms with Crippen molar-refractivity contribution in [3.05, 3.63) is 6.43 Å². The zero-order valence-electron chi connectivity index (χ0n) is 18.3. The summed E-state index contributed by atoms with van der Waals surface area (Å²) in [6.07, 6.45) is -10.3. The summed E-state index contributed by atoms with van der Waals surface area (Å²) in [4.78, 5) is 0. The highest BCUT2D eigenvalue weighted by Crippen LogP contribution is 2.68. The fourth-order valence-corrected chi connectivity index (χ4v) is 2.35. The molecule has 42 heavy (non-hydrogen) atoms. The van der Waals surface area contributed by atoms with Crippen LogP contribution in [-0.4, -0.2) is 77.2 Å². The van der Waals surface area contributed by atoms with Crippen LogP contribution in [0.4, 0.5) is 119 Å². The Kier molecular flexibility index (Phi) is 9.36. The molecule has 0 heterocycles. The highest BCUT2D eigenvalue weighted by molar-refractivity contribution is 5.21. The first-order valence-electron chi connectivity index (χ1n) is 9.00. The van der Waals surface area contributed by atoms with Gasteiger partial charge in [0.25, 0.3) is 0 Å². The molecule has 0 nitrogen and oxygen atoms in total. The molecular formula is C15H4F27. The van der Waals surface area contributed by atoms with E-state index in [2.05, 4.69) is 0 Å². The van der Waals surface area contributed by atoms with Crippen LogP contribution in [0.15, 0.2) is 0 Å². The van der Waals surface area contributed by atoms with Gasteiger partial charge in [0, 0.05) is 0 Å². The lowest BCUT2D eigenvalue weighted by Crippen LogP contribution is -2.78. The van der Waals surface area contributed by atoms with E-state index in [1.165, 1.54) is 0 Å². The topological polar surface area (TPSA) is 0 Å². The first-order chi connectivity index (χ1) is 17.6. The van der Waals surface area contributed by atoms with Gasteiger partial charge in [0.05, 0.1) is 0 Å². The van der Waals surface area contributed by atoms with Gasteiger partial charge in [-0.2, -0.15) is 114 Å². The van der Waals surface area contributed by atoms with Crippen LogP contribution in [0.5, 0.6) is 0 Å². The SMILES string of the molecule is CC(F)C(F)(F)C(F)(F)C(F)(F)C(F)(F)C(F)(F)C(F)(F)C(F)(F)C(F)(F)C(F)(F)C(F)(F)C(F)(F)C(F)(F)[C](F)F. The minimum Gasteiger partial charge on any atom is -0.241 e. The predicted octanol–water partition coefficient (Wildman–Crippen LogP) is 9.40. The normalized spacial score (nSPS) is 17.6. The largest absolute Gasteiger partial charge is 0.385 e. The maximum Gasteiger partial charge on any atom is 0.385 e. The molecule has 0 N–H and O–H groups in total. The highest BCUT2D eigenvalue weighted by Gasteiger charge is 2.99. The Morgan fingerprint density at radius 2 is 0.500 bits per heavy atom. The van der Waals surface area contributed by atoms with Gasteiger partial charge >= 0.3 is 77.5 Å². The van der Waals surface area contributed by atoms with Crippen LogP contribution in [-0.2, 0) is 0 Å². The van der Waals surface area contributed by atoms with Crippen molar-refractivity contribution in [3.63, 3.8) is 0 Å². The van der Waals surface area contributed by atoms with E-state index in [-0.39, 0.29) is 0 Å². The third-order valence-electron chi connectivity index (χ3n) is 5.10. The van der Waals surface area contributed by atoms with Crippen molar-refractivity contribution in [2.24, 2.45) is 0 Å². The fourth-order valence-electron chi connectivity index (χ4n) is 2.35. The van der Waals surface area contributed by atoms with Gasteiger partial charge in [-0.25, -0.2) is 4.39 Å². The van der Waals surface area contributed by atoms with E-state index in [0.717, 1.165) is 0 Å². The number of alkyl halides is 25. The molecule has 0 saturated carbocycles. The summed E-state index contributed by atoms with van der Waals surface area (Å²) in [6.45, 7) is -0.933. The Balaban J connectivity index is 7.41. The summed E-state index contributed by atoms with van der Waals surface area (Å²) in [6, 6.07) is 0. The molecule has 0 amide bonds. The van der Waals surface area contributed by atoms with E-state index in [1.54, 1.807) is 0 Å². The maximum absolute atomic E-state index is 13.6. The molecule has 0 aromatic rings. The van der Waals surface area contributed by atoms with Gasteiger partial charge in [-0.1, -0.05) is 0 Å². The van der Waals surface area contributed by atoms with E-state index in [0.29, 0.717) is 0 Å². The molecule has 1 atom stereocenters. The number of halogens is 27. The third kappa shape index (κ3) is 4.41. The van der Waals surface area contributed by atoms with Crippen molar-refractivity contribution >= 4 is 0 Å². The van der Waals surface area contributed by atoms with Gasteiger partial charge in [-0.15, -0.1) is 0 Å². The summed E-state index contributed by atoms with van der Waals surface area (Å²) < 4.78 is 356. The lowest BCUT2D eigenvalue weighted by atomic mass is 9.83. The zero-order chi connectivity index (χ0) is 35.2. The van der Waals surface area contributed by atoms with Gasteiger partial charge in [-0.3, -0.25) is 0 Å². The summed E-state index contributed by atoms with van der Waals surface area (Å²) in [5.74, 6) is -109. The van der Waals surface area contributed by atoms with Crippen molar-refractivity contribution in [1.29, 1.82) is 0 Å². The van der Waals surface area contributed by atoms with E-state index in [9.17, 15) is 119 Å². The minimum atomic E-state index is -9.72. The van der Waals surface area contributed by atoms with Crippen LogP contribution in [0.2, 0.25) is 0 Å². The van der Waals surface area contributed by atoms with E-state index in [4.69, 9.17) is 0 Å². The molecule has 0 aromatic heterocycles. The molecule has 0 bridgehead atoms. The van der Waals surface area contributed by atoms with Crippen molar-refractivity contribution in [2.75, 3.05) is 0 Å². The third-order valence-corrected chi connectivity index (χ3v) is 5.10. The lowest BCUT2D eigenvalue weighted by molar-refractivity contribution is -0.479. The average molecular weight is 697 g/mol. The molecule has 1 radical (unpaired) electrons. The molecule has 253 valence electrons. The monoisotopic (exact) mass is 697 g/mol. The van der Waals surface area contributed by atoms with Crippen LogP contribution >= 0.6 is 0 Å². The van der Waals surface area contributed by atoms with E-state index < -0.39 is 90.6 Å². The molecule has 0 fully saturated rings. The van der Waals surface area contributed by atoms with Gasteiger partial charge in [0.2, 0.25) is 0 Å². The molecule has 0 aliphatic rings. The summed E-state index contributed by atoms with van der Waals surface area (Å²) in [5, 5.41) is 0. The number of hydrogen-bond acceptors (Lipinski definition) is 0. The van der Waals surface area contributed by atoms with Crippen molar-refractivity contribution in [2.45, 2.75) is 84.2 Å². The van der Waals surface area contributed by atoms with Gasteiger partial charge in [0.1, 0.15) is 0 Å². The molecule has 27 heteroatoms. The Labute approximate surface area is 210 Å². The molecule has 0 aromatic carbocycles. The molecule has 0 saturated heterocycles. The molecule has 0 spiro atoms. The Hall–Kier alpha value is -1.89. The van der Waals surface area contributed by atoms with Crippen LogP contribution in [0, 0.1) is 6.43 Å². The smallest absolute Gasteiger partial charge is 0.241 e. The second kappa shape index (κ2) is 9.81. The van der Waals surface area contributed by atoms with Crippen molar-refractivity contribution in [1.82, 2.24) is 0 Å². The van der Waals surface area contributed by atoms with Crippen LogP contribution in [0.25, 0.3) is 0 Å². The fraction of sp³-hybridized carbons (Fsp3) is 0.933. The summed E-state index contributed by atoms with van der Waals surface area (Å²) in [7, 11) is 0. The van der Waals surface area contributed by atoms with E-state index in [1.807, 2.05) is 0 Å². The second-order valence-electron chi connectivity index (χ2n) is 7.82. The summed E-state index contributed by atoms with van der Waals surface area (Å²) in [5.41, 5.74) is 0. The Morgan fingerprint density at radius 1 is 0.333 bits per heavy atom. The van der Waals surface area contributed by atoms with Crippen LogP contribution in [0.1, 0.15) is 6.92 Å². The van der Waals surface area contributed by atoms with Gasteiger partial charge < -0.3 is 0 Å². The number of rotatable bonds is 13. The molecule has 0 rings (SSSR count). The molecule has 0 aliphatic heterocycles. The molecule has 1 unspecified atom stereocenters. The average Bonchev–Trinajstić information content (AvgIpc) is 2.77. The predicted molar refractivity (Wildman–Crippen MR) is 75.4 cm³/mol. The second-order valence-corrected chi connectivity index (χ2v) is 7.82. The van der Waals surface area contributed by atoms with E-state index >= 15 is 0 Å². The van der Waals surface area contributed by atoms with Crippen LogP contribution < -0.4 is 0 Å². The Morgan fingerprint density at radius 3 is 0.667 bits per heavy atom. The van der Waals surface area contributed by atoms with Crippen molar-refractivity contribution in [3.8, 4) is 0 Å².